The Hall–Kier alpha value is -4.23. The molecule has 37 heavy (non-hydrogen) atoms. The first-order valence-corrected chi connectivity index (χ1v) is 12.0. The predicted octanol–water partition coefficient (Wildman–Crippen LogP) is 4.77. The molecule has 4 aromatic rings. The second-order valence-electron chi connectivity index (χ2n) is 7.66. The van der Waals surface area contributed by atoms with Gasteiger partial charge in [0.05, 0.1) is 10.0 Å². The van der Waals surface area contributed by atoms with Crippen LogP contribution in [0.4, 0.5) is 5.69 Å². The normalized spacial score (nSPS) is 10.3. The minimum absolute atomic E-state index is 0.0779. The van der Waals surface area contributed by atoms with Crippen molar-refractivity contribution in [3.63, 3.8) is 0 Å². The summed E-state index contributed by atoms with van der Waals surface area (Å²) < 4.78 is 0.958. The second kappa shape index (κ2) is 11.7. The third-order valence-electron chi connectivity index (χ3n) is 5.16. The lowest BCUT2D eigenvalue weighted by atomic mass is 9.96. The van der Waals surface area contributed by atoms with Crippen molar-refractivity contribution >= 4 is 52.1 Å². The Kier molecular flexibility index (Phi) is 8.15. The lowest BCUT2D eigenvalue weighted by Gasteiger charge is -2.15. The molecule has 4 rings (SSSR count). The fourth-order valence-electron chi connectivity index (χ4n) is 3.50. The molecule has 184 valence electrons. The van der Waals surface area contributed by atoms with Crippen LogP contribution in [0.15, 0.2) is 83.7 Å². The van der Waals surface area contributed by atoms with Gasteiger partial charge >= 0.3 is 0 Å². The van der Waals surface area contributed by atoms with Crippen LogP contribution in [-0.4, -0.2) is 20.8 Å². The molecule has 0 atom stereocenters. The van der Waals surface area contributed by atoms with E-state index in [0.717, 1.165) is 4.68 Å². The number of hydrogen-bond donors (Lipinski definition) is 3. The average Bonchev–Trinajstić information content (AvgIpc) is 2.91. The number of thiocarbonyl (C=S) groups is 1. The van der Waals surface area contributed by atoms with E-state index in [-0.39, 0.29) is 10.7 Å². The zero-order valence-electron chi connectivity index (χ0n) is 19.0. The topological polar surface area (TPSA) is 112 Å². The van der Waals surface area contributed by atoms with E-state index in [9.17, 15) is 14.9 Å². The van der Waals surface area contributed by atoms with Crippen LogP contribution >= 0.6 is 35.4 Å². The van der Waals surface area contributed by atoms with Gasteiger partial charge in [-0.3, -0.25) is 20.4 Å². The number of hydrogen-bond acceptors (Lipinski definition) is 5. The van der Waals surface area contributed by atoms with Crippen LogP contribution in [0.25, 0.3) is 22.4 Å². The van der Waals surface area contributed by atoms with Gasteiger partial charge in [0.25, 0.3) is 11.5 Å². The monoisotopic (exact) mass is 548 g/mol. The van der Waals surface area contributed by atoms with Crippen LogP contribution in [0.3, 0.4) is 0 Å². The SMILES string of the molecule is N#Cc1c(-c2ccccc2)c(-c2ccccc2)nn(CC(=O)NNC(=S)Nc2ccc(Cl)c(Cl)c2)c1=O. The lowest BCUT2D eigenvalue weighted by Crippen LogP contribution is -2.46. The molecule has 3 aromatic carbocycles. The molecule has 0 radical (unpaired) electrons. The van der Waals surface area contributed by atoms with Crippen LogP contribution < -0.4 is 21.7 Å². The number of halogens is 2. The summed E-state index contributed by atoms with van der Waals surface area (Å²) in [5.41, 5.74) is 6.89. The van der Waals surface area contributed by atoms with Crippen molar-refractivity contribution in [1.29, 1.82) is 5.26 Å². The largest absolute Gasteiger partial charge is 0.331 e. The molecule has 1 heterocycles. The van der Waals surface area contributed by atoms with E-state index in [4.69, 9.17) is 35.4 Å². The fourth-order valence-corrected chi connectivity index (χ4v) is 3.97. The van der Waals surface area contributed by atoms with Crippen molar-refractivity contribution in [2.45, 2.75) is 6.54 Å². The van der Waals surface area contributed by atoms with Crippen LogP contribution in [0.1, 0.15) is 5.56 Å². The van der Waals surface area contributed by atoms with E-state index in [0.29, 0.717) is 38.1 Å². The van der Waals surface area contributed by atoms with Crippen LogP contribution in [0.5, 0.6) is 0 Å². The molecule has 0 saturated heterocycles. The molecule has 0 aliphatic rings. The maximum atomic E-state index is 13.2. The van der Waals surface area contributed by atoms with Gasteiger partial charge in [-0.1, -0.05) is 83.9 Å². The number of amides is 1. The number of carbonyl (C=O) groups excluding carboxylic acids is 1. The first-order chi connectivity index (χ1) is 17.9. The van der Waals surface area contributed by atoms with Crippen LogP contribution in [-0.2, 0) is 11.3 Å². The Balaban J connectivity index is 1.58. The molecule has 0 fully saturated rings. The molecular weight excluding hydrogens is 531 g/mol. The summed E-state index contributed by atoms with van der Waals surface area (Å²) in [7, 11) is 0. The quantitative estimate of drug-likeness (QED) is 0.243. The number of anilines is 1. The van der Waals surface area contributed by atoms with E-state index < -0.39 is 18.0 Å². The number of rotatable bonds is 5. The number of carbonyl (C=O) groups is 1. The van der Waals surface area contributed by atoms with Crippen molar-refractivity contribution < 1.29 is 4.79 Å². The number of benzene rings is 3. The first-order valence-electron chi connectivity index (χ1n) is 10.8. The second-order valence-corrected chi connectivity index (χ2v) is 8.88. The van der Waals surface area contributed by atoms with Crippen LogP contribution in [0.2, 0.25) is 10.0 Å². The van der Waals surface area contributed by atoms with Crippen molar-refractivity contribution in [2.24, 2.45) is 0 Å². The molecule has 11 heteroatoms. The molecule has 0 aliphatic heterocycles. The summed E-state index contributed by atoms with van der Waals surface area (Å²) in [6.45, 7) is -0.454. The minimum Gasteiger partial charge on any atom is -0.331 e. The smallest absolute Gasteiger partial charge is 0.285 e. The molecule has 1 aromatic heterocycles. The maximum Gasteiger partial charge on any atom is 0.285 e. The van der Waals surface area contributed by atoms with Crippen molar-refractivity contribution in [1.82, 2.24) is 20.6 Å². The highest BCUT2D eigenvalue weighted by molar-refractivity contribution is 7.80. The molecule has 3 N–H and O–H groups in total. The van der Waals surface area contributed by atoms with Crippen LogP contribution in [0, 0.1) is 11.3 Å². The molecule has 0 saturated carbocycles. The molecule has 0 bridgehead atoms. The average molecular weight is 549 g/mol. The molecule has 0 aliphatic carbocycles. The van der Waals surface area contributed by atoms with Crippen molar-refractivity contribution in [2.75, 3.05) is 5.32 Å². The highest BCUT2D eigenvalue weighted by Crippen LogP contribution is 2.31. The Labute approximate surface area is 227 Å². The molecular formula is C26H18Cl2N6O2S. The minimum atomic E-state index is -0.687. The fraction of sp³-hybridized carbons (Fsp3) is 0.0385. The third kappa shape index (κ3) is 6.13. The summed E-state index contributed by atoms with van der Waals surface area (Å²) in [5.74, 6) is -0.608. The Morgan fingerprint density at radius 3 is 2.22 bits per heavy atom. The van der Waals surface area contributed by atoms with Gasteiger partial charge in [-0.2, -0.15) is 10.4 Å². The van der Waals surface area contributed by atoms with E-state index in [1.54, 1.807) is 30.3 Å². The summed E-state index contributed by atoms with van der Waals surface area (Å²) in [4.78, 5) is 25.8. The van der Waals surface area contributed by atoms with Crippen molar-refractivity contribution in [3.05, 3.63) is 105 Å². The molecule has 0 spiro atoms. The van der Waals surface area contributed by atoms with E-state index in [1.165, 1.54) is 0 Å². The molecule has 1 amide bonds. The van der Waals surface area contributed by atoms with Gasteiger partial charge in [0.1, 0.15) is 23.9 Å². The van der Waals surface area contributed by atoms with Gasteiger partial charge in [-0.25, -0.2) is 4.68 Å². The standard InChI is InChI=1S/C26H18Cl2N6O2S/c27-20-12-11-18(13-21(20)28)30-26(37)32-31-22(35)15-34-25(36)19(14-29)23(16-7-3-1-4-8-16)24(33-34)17-9-5-2-6-10-17/h1-13H,15H2,(H,31,35)(H2,30,32,37). The van der Waals surface area contributed by atoms with Gasteiger partial charge in [0, 0.05) is 16.8 Å². The number of nitriles is 1. The Morgan fingerprint density at radius 1 is 0.946 bits per heavy atom. The summed E-state index contributed by atoms with van der Waals surface area (Å²) in [6, 6.07) is 25.0. The van der Waals surface area contributed by atoms with E-state index in [1.807, 2.05) is 54.6 Å². The molecule has 8 nitrogen and oxygen atoms in total. The highest BCUT2D eigenvalue weighted by Gasteiger charge is 2.21. The zero-order valence-corrected chi connectivity index (χ0v) is 21.4. The molecule has 0 unspecified atom stereocenters. The highest BCUT2D eigenvalue weighted by atomic mass is 35.5. The number of hydrazine groups is 1. The van der Waals surface area contributed by atoms with E-state index in [2.05, 4.69) is 21.3 Å². The maximum absolute atomic E-state index is 13.2. The summed E-state index contributed by atoms with van der Waals surface area (Å²) in [5, 5.41) is 18.0. The number of nitrogens with one attached hydrogen (secondary N) is 3. The first kappa shape index (κ1) is 25.9. The number of aromatic nitrogens is 2. The van der Waals surface area contributed by atoms with Gasteiger partial charge in [-0.15, -0.1) is 0 Å². The van der Waals surface area contributed by atoms with E-state index >= 15 is 0 Å². The van der Waals surface area contributed by atoms with Gasteiger partial charge in [-0.05, 0) is 36.0 Å². The Morgan fingerprint density at radius 2 is 1.59 bits per heavy atom. The third-order valence-corrected chi connectivity index (χ3v) is 6.11. The summed E-state index contributed by atoms with van der Waals surface area (Å²) in [6.07, 6.45) is 0. The van der Waals surface area contributed by atoms with Gasteiger partial charge in [0.15, 0.2) is 5.11 Å². The zero-order chi connectivity index (χ0) is 26.4. The predicted molar refractivity (Wildman–Crippen MR) is 148 cm³/mol. The summed E-state index contributed by atoms with van der Waals surface area (Å²) >= 11 is 17.1. The Bertz CT molecular complexity index is 1570. The lowest BCUT2D eigenvalue weighted by molar-refractivity contribution is -0.122. The van der Waals surface area contributed by atoms with Gasteiger partial charge < -0.3 is 5.32 Å². The van der Waals surface area contributed by atoms with Crippen molar-refractivity contribution in [3.8, 4) is 28.5 Å². The van der Waals surface area contributed by atoms with Gasteiger partial charge in [0.2, 0.25) is 0 Å². The number of nitrogens with zero attached hydrogens (tertiary/aromatic N) is 3.